The molecule has 2 atom stereocenters. The summed E-state index contributed by atoms with van der Waals surface area (Å²) in [6.07, 6.45) is 24.9. The molecular formula is C25H46O4. The van der Waals surface area contributed by atoms with Gasteiger partial charge in [0.15, 0.2) is 6.29 Å². The van der Waals surface area contributed by atoms with E-state index in [0.29, 0.717) is 0 Å². The zero-order valence-corrected chi connectivity index (χ0v) is 18.9. The summed E-state index contributed by atoms with van der Waals surface area (Å²) in [5.41, 5.74) is 0. The molecule has 1 aliphatic heterocycles. The van der Waals surface area contributed by atoms with E-state index in [9.17, 15) is 4.79 Å². The second-order valence-electron chi connectivity index (χ2n) is 8.53. The molecule has 4 heteroatoms. The molecule has 1 N–H and O–H groups in total. The Kier molecular flexibility index (Phi) is 17.2. The van der Waals surface area contributed by atoms with Crippen LogP contribution in [0.15, 0.2) is 12.2 Å². The van der Waals surface area contributed by atoms with Crippen molar-refractivity contribution in [3.8, 4) is 0 Å². The summed E-state index contributed by atoms with van der Waals surface area (Å²) in [7, 11) is 0. The Hall–Kier alpha value is -0.870. The first kappa shape index (κ1) is 26.2. The van der Waals surface area contributed by atoms with Crippen molar-refractivity contribution >= 4 is 5.97 Å². The van der Waals surface area contributed by atoms with Gasteiger partial charge in [-0.15, -0.1) is 0 Å². The van der Waals surface area contributed by atoms with E-state index in [2.05, 4.69) is 19.1 Å². The quantitative estimate of drug-likeness (QED) is 0.178. The lowest BCUT2D eigenvalue weighted by Crippen LogP contribution is -2.29. The fraction of sp³-hybridized carbons (Fsp3) is 0.880. The van der Waals surface area contributed by atoms with Gasteiger partial charge in [0.25, 0.3) is 0 Å². The molecule has 0 radical (unpaired) electrons. The van der Waals surface area contributed by atoms with Crippen LogP contribution >= 0.6 is 0 Å². The van der Waals surface area contributed by atoms with Crippen LogP contribution in [-0.2, 0) is 14.3 Å². The number of allylic oxidation sites excluding steroid dienone is 2. The average Bonchev–Trinajstić information content (AvgIpc) is 2.71. The molecule has 29 heavy (non-hydrogen) atoms. The van der Waals surface area contributed by atoms with E-state index in [1.165, 1.54) is 70.6 Å². The normalized spacial score (nSPS) is 18.3. The Morgan fingerprint density at radius 3 is 2.17 bits per heavy atom. The molecule has 0 aromatic heterocycles. The number of carboxylic acids is 1. The lowest BCUT2D eigenvalue weighted by atomic mass is 10.0. The fourth-order valence-corrected chi connectivity index (χ4v) is 3.89. The number of ether oxygens (including phenoxy) is 2. The van der Waals surface area contributed by atoms with Crippen LogP contribution in [0.25, 0.3) is 0 Å². The zero-order valence-electron chi connectivity index (χ0n) is 18.9. The first-order valence-corrected chi connectivity index (χ1v) is 12.4. The minimum atomic E-state index is -0.779. The molecule has 1 unspecified atom stereocenters. The predicted octanol–water partition coefficient (Wildman–Crippen LogP) is 7.41. The van der Waals surface area contributed by atoms with Crippen molar-refractivity contribution in [1.29, 1.82) is 0 Å². The van der Waals surface area contributed by atoms with Gasteiger partial charge in [0.1, 0.15) is 0 Å². The third kappa shape index (κ3) is 16.6. The Labute approximate surface area is 179 Å². The molecule has 0 aromatic rings. The van der Waals surface area contributed by atoms with Crippen LogP contribution in [0.4, 0.5) is 0 Å². The van der Waals surface area contributed by atoms with E-state index >= 15 is 0 Å². The second-order valence-corrected chi connectivity index (χ2v) is 8.53. The van der Waals surface area contributed by atoms with E-state index in [-0.39, 0.29) is 18.8 Å². The smallest absolute Gasteiger partial charge is 0.305 e. The summed E-state index contributed by atoms with van der Waals surface area (Å²) < 4.78 is 11.5. The van der Waals surface area contributed by atoms with Crippen LogP contribution < -0.4 is 0 Å². The third-order valence-corrected chi connectivity index (χ3v) is 5.67. The van der Waals surface area contributed by atoms with Crippen molar-refractivity contribution in [2.75, 3.05) is 6.61 Å². The molecular weight excluding hydrogens is 364 g/mol. The molecule has 170 valence electrons. The number of carbonyl (C=O) groups is 1. The largest absolute Gasteiger partial charge is 0.481 e. The number of hydrogen-bond acceptors (Lipinski definition) is 3. The summed E-state index contributed by atoms with van der Waals surface area (Å²) >= 11 is 0. The van der Waals surface area contributed by atoms with Crippen LogP contribution in [0.1, 0.15) is 122 Å². The van der Waals surface area contributed by atoms with Crippen molar-refractivity contribution in [2.24, 2.45) is 0 Å². The molecule has 1 heterocycles. The summed E-state index contributed by atoms with van der Waals surface area (Å²) in [4.78, 5) is 11.1. The fourth-order valence-electron chi connectivity index (χ4n) is 3.89. The summed E-state index contributed by atoms with van der Waals surface area (Å²) in [5.74, 6) is -0.779. The standard InChI is InChI=1S/C25H46O4/c1-2-3-4-5-6-7-8-9-10-11-12-13-14-15-16-19-23(22-24(26)27)29-25-20-17-18-21-28-25/h9-10,23,25H,2-8,11-22H2,1H3,(H,26,27)/b10-9-/t23-,25?/m0/s1. The second kappa shape index (κ2) is 19.1. The van der Waals surface area contributed by atoms with E-state index in [1.807, 2.05) is 0 Å². The van der Waals surface area contributed by atoms with Crippen LogP contribution in [0.3, 0.4) is 0 Å². The Balaban J connectivity index is 1.95. The summed E-state index contributed by atoms with van der Waals surface area (Å²) in [6, 6.07) is 0. The summed E-state index contributed by atoms with van der Waals surface area (Å²) in [6.45, 7) is 3.00. The van der Waals surface area contributed by atoms with Gasteiger partial charge in [-0.2, -0.15) is 0 Å². The van der Waals surface area contributed by atoms with Gasteiger partial charge in [-0.3, -0.25) is 4.79 Å². The van der Waals surface area contributed by atoms with E-state index < -0.39 is 5.97 Å². The minimum Gasteiger partial charge on any atom is -0.481 e. The lowest BCUT2D eigenvalue weighted by Gasteiger charge is -2.27. The van der Waals surface area contributed by atoms with Gasteiger partial charge in [0.2, 0.25) is 0 Å². The Morgan fingerprint density at radius 2 is 1.59 bits per heavy atom. The highest BCUT2D eigenvalue weighted by atomic mass is 16.7. The van der Waals surface area contributed by atoms with Crippen LogP contribution in [0.2, 0.25) is 0 Å². The lowest BCUT2D eigenvalue weighted by molar-refractivity contribution is -0.193. The van der Waals surface area contributed by atoms with Gasteiger partial charge < -0.3 is 14.6 Å². The van der Waals surface area contributed by atoms with Crippen molar-refractivity contribution in [2.45, 2.75) is 135 Å². The van der Waals surface area contributed by atoms with E-state index in [0.717, 1.165) is 45.1 Å². The first-order chi connectivity index (χ1) is 14.2. The van der Waals surface area contributed by atoms with Gasteiger partial charge in [-0.25, -0.2) is 0 Å². The highest BCUT2D eigenvalue weighted by molar-refractivity contribution is 5.67. The molecule has 0 bridgehead atoms. The van der Waals surface area contributed by atoms with Crippen molar-refractivity contribution in [1.82, 2.24) is 0 Å². The van der Waals surface area contributed by atoms with Gasteiger partial charge >= 0.3 is 5.97 Å². The van der Waals surface area contributed by atoms with Crippen molar-refractivity contribution in [3.05, 3.63) is 12.2 Å². The Morgan fingerprint density at radius 1 is 0.966 bits per heavy atom. The number of rotatable bonds is 19. The molecule has 1 rings (SSSR count). The SMILES string of the molecule is CCCCCCCC/C=C\CCCCCCC[C@@H](CC(=O)O)OC1CCCCO1. The number of hydrogen-bond donors (Lipinski definition) is 1. The first-order valence-electron chi connectivity index (χ1n) is 12.4. The molecule has 4 nitrogen and oxygen atoms in total. The Bertz CT molecular complexity index is 402. The third-order valence-electron chi connectivity index (χ3n) is 5.67. The van der Waals surface area contributed by atoms with Gasteiger partial charge in [0, 0.05) is 6.61 Å². The highest BCUT2D eigenvalue weighted by Gasteiger charge is 2.21. The average molecular weight is 411 g/mol. The molecule has 1 fully saturated rings. The zero-order chi connectivity index (χ0) is 21.0. The van der Waals surface area contributed by atoms with E-state index in [1.54, 1.807) is 0 Å². The molecule has 0 amide bonds. The number of unbranched alkanes of at least 4 members (excludes halogenated alkanes) is 11. The van der Waals surface area contributed by atoms with Gasteiger partial charge in [-0.05, 0) is 51.4 Å². The number of carboxylic acid groups (broad SMARTS) is 1. The summed E-state index contributed by atoms with van der Waals surface area (Å²) in [5, 5.41) is 9.11. The van der Waals surface area contributed by atoms with Gasteiger partial charge in [0.05, 0.1) is 12.5 Å². The van der Waals surface area contributed by atoms with Gasteiger partial charge in [-0.1, -0.05) is 76.9 Å². The van der Waals surface area contributed by atoms with Crippen LogP contribution in [-0.4, -0.2) is 30.1 Å². The van der Waals surface area contributed by atoms with Crippen molar-refractivity contribution < 1.29 is 19.4 Å². The molecule has 1 saturated heterocycles. The van der Waals surface area contributed by atoms with E-state index in [4.69, 9.17) is 14.6 Å². The molecule has 0 aliphatic carbocycles. The number of aliphatic carboxylic acids is 1. The molecule has 0 aromatic carbocycles. The predicted molar refractivity (Wildman–Crippen MR) is 120 cm³/mol. The maximum Gasteiger partial charge on any atom is 0.305 e. The van der Waals surface area contributed by atoms with Crippen molar-refractivity contribution in [3.63, 3.8) is 0 Å². The topological polar surface area (TPSA) is 55.8 Å². The molecule has 1 aliphatic rings. The maximum absolute atomic E-state index is 11.1. The van der Waals surface area contributed by atoms with Crippen LogP contribution in [0, 0.1) is 0 Å². The maximum atomic E-state index is 11.1. The van der Waals surface area contributed by atoms with Crippen LogP contribution in [0.5, 0.6) is 0 Å². The monoisotopic (exact) mass is 410 g/mol. The highest BCUT2D eigenvalue weighted by Crippen LogP contribution is 2.20. The molecule has 0 saturated carbocycles. The minimum absolute atomic E-state index is 0.0866. The molecule has 0 spiro atoms.